The van der Waals surface area contributed by atoms with E-state index in [-0.39, 0.29) is 11.1 Å². The Morgan fingerprint density at radius 3 is 2.14 bits per heavy atom. The second kappa shape index (κ2) is 14.1. The smallest absolute Gasteiger partial charge is 0.369 e. The van der Waals surface area contributed by atoms with Crippen molar-refractivity contribution in [1.82, 2.24) is 15.1 Å². The van der Waals surface area contributed by atoms with E-state index in [1.165, 1.54) is 4.90 Å². The first kappa shape index (κ1) is 37.6. The Kier molecular flexibility index (Phi) is 10.6. The molecule has 3 N–H and O–H groups in total. The van der Waals surface area contributed by atoms with Crippen LogP contribution in [0.1, 0.15) is 70.3 Å². The molecule has 0 aromatic heterocycles. The summed E-state index contributed by atoms with van der Waals surface area (Å²) in [6.07, 6.45) is -8.81. The van der Waals surface area contributed by atoms with Gasteiger partial charge in [0.05, 0.1) is 24.8 Å². The van der Waals surface area contributed by atoms with Gasteiger partial charge in [0.1, 0.15) is 0 Å². The Balaban J connectivity index is 1.46. The summed E-state index contributed by atoms with van der Waals surface area (Å²) in [6, 6.07) is 13.3. The van der Waals surface area contributed by atoms with Crippen LogP contribution < -0.4 is 10.2 Å². The van der Waals surface area contributed by atoms with Gasteiger partial charge in [-0.15, -0.1) is 0 Å². The normalized spacial score (nSPS) is 21.9. The minimum atomic E-state index is -6.05. The fourth-order valence-corrected chi connectivity index (χ4v) is 7.61. The van der Waals surface area contributed by atoms with Gasteiger partial charge in [0.2, 0.25) is 10.0 Å². The number of alkyl halides is 6. The van der Waals surface area contributed by atoms with E-state index in [0.717, 1.165) is 18.4 Å². The number of hydrogen-bond donors (Lipinski definition) is 3. The molecule has 3 aromatic rings. The number of carbonyl (C=O) groups excluding carboxylic acids is 2. The van der Waals surface area contributed by atoms with Crippen molar-refractivity contribution in [3.05, 3.63) is 106 Å². The lowest BCUT2D eigenvalue weighted by molar-refractivity contribution is -0.376. The molecule has 50 heavy (non-hydrogen) atoms. The predicted octanol–water partition coefficient (Wildman–Crippen LogP) is 6.04. The number of amides is 2. The molecule has 1 aliphatic carbocycles. The van der Waals surface area contributed by atoms with Crippen molar-refractivity contribution in [3.63, 3.8) is 0 Å². The molecule has 1 saturated carbocycles. The number of rotatable bonds is 9. The topological polar surface area (TPSA) is 125 Å². The van der Waals surface area contributed by atoms with Gasteiger partial charge in [-0.05, 0) is 47.7 Å². The lowest BCUT2D eigenvalue weighted by Crippen LogP contribution is -2.59. The van der Waals surface area contributed by atoms with Crippen LogP contribution >= 0.6 is 11.6 Å². The molecule has 3 aromatic carbocycles. The third-order valence-electron chi connectivity index (χ3n) is 8.93. The van der Waals surface area contributed by atoms with Gasteiger partial charge in [0.15, 0.2) is 0 Å². The zero-order chi connectivity index (χ0) is 36.6. The summed E-state index contributed by atoms with van der Waals surface area (Å²) in [7, 11) is -3.68. The number of hydroxylamine groups is 1. The number of carbonyl (C=O) groups is 2. The Morgan fingerprint density at radius 2 is 1.54 bits per heavy atom. The SMILES string of the molecule is CS(=O)(=O)N[C@H]1CCCC[C@@H]1N1C(=O)c2ccccc2[C@@H](C(=O)NOCc2ccc(C(O)(C(F)(F)F)C(F)(F)F)cc2)[C@@H]1c1ccc(Cl)cc1. The summed E-state index contributed by atoms with van der Waals surface area (Å²) < 4.78 is 107. The van der Waals surface area contributed by atoms with Gasteiger partial charge in [0.25, 0.3) is 17.4 Å². The molecule has 4 atom stereocenters. The molecule has 1 fully saturated rings. The molecule has 9 nitrogen and oxygen atoms in total. The summed E-state index contributed by atoms with van der Waals surface area (Å²) in [5, 5.41) is 10.0. The average Bonchev–Trinajstić information content (AvgIpc) is 3.04. The molecule has 1 aliphatic heterocycles. The molecule has 270 valence electrons. The highest BCUT2D eigenvalue weighted by molar-refractivity contribution is 7.88. The molecule has 17 heteroatoms. The van der Waals surface area contributed by atoms with Crippen LogP contribution in [-0.4, -0.2) is 60.9 Å². The molecule has 2 aliphatic rings. The Morgan fingerprint density at radius 1 is 0.940 bits per heavy atom. The third-order valence-corrected chi connectivity index (χ3v) is 9.91. The van der Waals surface area contributed by atoms with Gasteiger partial charge in [-0.25, -0.2) is 18.6 Å². The van der Waals surface area contributed by atoms with Gasteiger partial charge < -0.3 is 10.0 Å². The maximum absolute atomic E-state index is 14.3. The Labute approximate surface area is 288 Å². The van der Waals surface area contributed by atoms with Gasteiger partial charge >= 0.3 is 12.4 Å². The first-order valence-corrected chi connectivity index (χ1v) is 17.6. The summed E-state index contributed by atoms with van der Waals surface area (Å²) in [5.74, 6) is -2.28. The predicted molar refractivity (Wildman–Crippen MR) is 169 cm³/mol. The highest BCUT2D eigenvalue weighted by Crippen LogP contribution is 2.50. The highest BCUT2D eigenvalue weighted by Gasteiger charge is 2.71. The van der Waals surface area contributed by atoms with E-state index in [9.17, 15) is 49.5 Å². The largest absolute Gasteiger partial charge is 0.430 e. The number of nitrogens with zero attached hydrogens (tertiary/aromatic N) is 1. The number of halogens is 7. The standard InChI is InChI=1S/C33H32ClF6N3O6S/c1-50(47,48)42-25-8-4-5-9-26(25)43-28(20-12-16-22(34)17-13-20)27(23-6-2-3-7-24(23)30(43)45)29(44)41-49-18-19-10-14-21(15-11-19)31(46,32(35,36)37)33(38,39)40/h2-3,6-7,10-17,25-28,42,46H,4-5,8-9,18H2,1H3,(H,41,44)/t25-,26-,27+,28-/m0/s1. The van der Waals surface area contributed by atoms with Gasteiger partial charge in [-0.2, -0.15) is 26.3 Å². The first-order chi connectivity index (χ1) is 23.3. The summed E-state index contributed by atoms with van der Waals surface area (Å²) >= 11 is 6.16. The van der Waals surface area contributed by atoms with Crippen molar-refractivity contribution in [1.29, 1.82) is 0 Å². The molecule has 2 amide bonds. The molecule has 5 rings (SSSR count). The summed E-state index contributed by atoms with van der Waals surface area (Å²) in [6.45, 7) is -0.492. The third kappa shape index (κ3) is 7.49. The first-order valence-electron chi connectivity index (χ1n) is 15.3. The number of aliphatic hydroxyl groups is 1. The second-order valence-corrected chi connectivity index (χ2v) is 14.5. The number of nitrogens with one attached hydrogen (secondary N) is 2. The average molecular weight is 748 g/mol. The minimum Gasteiger partial charge on any atom is -0.369 e. The maximum Gasteiger partial charge on any atom is 0.430 e. The van der Waals surface area contributed by atoms with Crippen LogP contribution in [0.2, 0.25) is 5.02 Å². The van der Waals surface area contributed by atoms with Crippen LogP contribution in [0.25, 0.3) is 0 Å². The van der Waals surface area contributed by atoms with Gasteiger partial charge in [0, 0.05) is 28.2 Å². The summed E-state index contributed by atoms with van der Waals surface area (Å²) in [5.41, 5.74) is -3.11. The lowest BCUT2D eigenvalue weighted by Gasteiger charge is -2.49. The van der Waals surface area contributed by atoms with E-state index in [1.54, 1.807) is 48.5 Å². The van der Waals surface area contributed by atoms with E-state index in [1.807, 2.05) is 0 Å². The van der Waals surface area contributed by atoms with E-state index in [2.05, 4.69) is 10.2 Å². The zero-order valence-corrected chi connectivity index (χ0v) is 27.8. The fourth-order valence-electron chi connectivity index (χ4n) is 6.65. The van der Waals surface area contributed by atoms with Crippen molar-refractivity contribution in [2.75, 3.05) is 6.26 Å². The monoisotopic (exact) mass is 747 g/mol. The lowest BCUT2D eigenvalue weighted by atomic mass is 9.76. The molecule has 0 unspecified atom stereocenters. The molecule has 1 heterocycles. The van der Waals surface area contributed by atoms with Crippen LogP contribution in [0, 0.1) is 0 Å². The number of sulfonamides is 1. The van der Waals surface area contributed by atoms with Crippen LogP contribution in [0.4, 0.5) is 26.3 Å². The van der Waals surface area contributed by atoms with Crippen LogP contribution in [0.15, 0.2) is 72.8 Å². The van der Waals surface area contributed by atoms with Crippen molar-refractivity contribution >= 4 is 33.4 Å². The number of fused-ring (bicyclic) bond motifs is 1. The van der Waals surface area contributed by atoms with E-state index in [4.69, 9.17) is 16.4 Å². The summed E-state index contributed by atoms with van der Waals surface area (Å²) in [4.78, 5) is 35.2. The number of hydrogen-bond acceptors (Lipinski definition) is 6. The van der Waals surface area contributed by atoms with Crippen LogP contribution in [0.3, 0.4) is 0 Å². The molecular weight excluding hydrogens is 716 g/mol. The molecule has 0 radical (unpaired) electrons. The van der Waals surface area contributed by atoms with Crippen molar-refractivity contribution in [2.24, 2.45) is 0 Å². The van der Waals surface area contributed by atoms with E-state index < -0.39 is 76.0 Å². The second-order valence-electron chi connectivity index (χ2n) is 12.3. The minimum absolute atomic E-state index is 0.0627. The highest BCUT2D eigenvalue weighted by atomic mass is 35.5. The van der Waals surface area contributed by atoms with E-state index in [0.29, 0.717) is 54.0 Å². The van der Waals surface area contributed by atoms with Crippen LogP contribution in [-0.2, 0) is 31.9 Å². The van der Waals surface area contributed by atoms with Crippen molar-refractivity contribution in [3.8, 4) is 0 Å². The molecule has 0 saturated heterocycles. The van der Waals surface area contributed by atoms with Crippen molar-refractivity contribution < 1.29 is 54.3 Å². The maximum atomic E-state index is 14.3. The fraction of sp³-hybridized carbons (Fsp3) is 0.394. The number of benzene rings is 3. The Hall–Kier alpha value is -3.70. The molecule has 0 spiro atoms. The van der Waals surface area contributed by atoms with Gasteiger partial charge in [-0.3, -0.25) is 14.4 Å². The van der Waals surface area contributed by atoms with E-state index >= 15 is 0 Å². The molecule has 0 bridgehead atoms. The van der Waals surface area contributed by atoms with Crippen molar-refractivity contribution in [2.45, 2.75) is 74.3 Å². The van der Waals surface area contributed by atoms with Gasteiger partial charge in [-0.1, -0.05) is 79.0 Å². The zero-order valence-electron chi connectivity index (χ0n) is 26.3. The van der Waals surface area contributed by atoms with Crippen LogP contribution in [0.5, 0.6) is 0 Å². The Bertz CT molecular complexity index is 1810. The molecular formula is C33H32ClF6N3O6S. The quantitative estimate of drug-likeness (QED) is 0.181.